The molecule has 1 aromatic rings. The fraction of sp³-hybridized carbons (Fsp3) is 0.333. The molecule has 13 heavy (non-hydrogen) atoms. The molecule has 68 valence electrons. The van der Waals surface area contributed by atoms with Gasteiger partial charge in [-0.3, -0.25) is 0 Å². The fourth-order valence-electron chi connectivity index (χ4n) is 1.81. The van der Waals surface area contributed by atoms with E-state index in [1.165, 1.54) is 27.2 Å². The normalized spacial score (nSPS) is 15.2. The molecule has 0 aliphatic carbocycles. The SMILES string of the molecule is CC1=CCSc2c(C)ccc(C)c21. The molecule has 1 aliphatic rings. The minimum Gasteiger partial charge on any atom is -0.121 e. The number of thioether (sulfide) groups is 1. The van der Waals surface area contributed by atoms with Gasteiger partial charge in [-0.1, -0.05) is 18.2 Å². The molecule has 0 unspecified atom stereocenters. The van der Waals surface area contributed by atoms with Crippen molar-refractivity contribution in [3.63, 3.8) is 0 Å². The fourth-order valence-corrected chi connectivity index (χ4v) is 3.08. The standard InChI is InChI=1S/C12H14S/c1-8-4-5-10(3)12-11(8)9(2)6-7-13-12/h4-6H,7H2,1-3H3. The minimum atomic E-state index is 1.13. The topological polar surface area (TPSA) is 0 Å². The van der Waals surface area contributed by atoms with Gasteiger partial charge < -0.3 is 0 Å². The number of rotatable bonds is 0. The lowest BCUT2D eigenvalue weighted by Crippen LogP contribution is -1.98. The smallest absolute Gasteiger partial charge is 0.0182 e. The molecule has 1 heterocycles. The van der Waals surface area contributed by atoms with E-state index in [0.29, 0.717) is 0 Å². The highest BCUT2D eigenvalue weighted by molar-refractivity contribution is 7.99. The van der Waals surface area contributed by atoms with Gasteiger partial charge in [0.1, 0.15) is 0 Å². The van der Waals surface area contributed by atoms with Crippen LogP contribution in [0.5, 0.6) is 0 Å². The molecule has 0 radical (unpaired) electrons. The second-order valence-corrected chi connectivity index (χ2v) is 4.63. The maximum Gasteiger partial charge on any atom is 0.0182 e. The third kappa shape index (κ3) is 1.42. The number of hydrogen-bond donors (Lipinski definition) is 0. The van der Waals surface area contributed by atoms with Gasteiger partial charge in [0.15, 0.2) is 0 Å². The second-order valence-electron chi connectivity index (χ2n) is 3.60. The van der Waals surface area contributed by atoms with Gasteiger partial charge in [0.25, 0.3) is 0 Å². The predicted octanol–water partition coefficient (Wildman–Crippen LogP) is 3.81. The van der Waals surface area contributed by atoms with E-state index >= 15 is 0 Å². The Balaban J connectivity index is 2.70. The molecule has 1 heteroatoms. The van der Waals surface area contributed by atoms with Gasteiger partial charge in [-0.15, -0.1) is 11.8 Å². The molecule has 0 bridgehead atoms. The van der Waals surface area contributed by atoms with Crippen molar-refractivity contribution >= 4 is 17.3 Å². The molecule has 0 saturated carbocycles. The molecule has 2 rings (SSSR count). The lowest BCUT2D eigenvalue weighted by atomic mass is 9.99. The summed E-state index contributed by atoms with van der Waals surface area (Å²) in [5, 5.41) is 0. The van der Waals surface area contributed by atoms with Crippen LogP contribution in [0.2, 0.25) is 0 Å². The van der Waals surface area contributed by atoms with Crippen molar-refractivity contribution in [3.8, 4) is 0 Å². The largest absolute Gasteiger partial charge is 0.121 e. The number of hydrogen-bond acceptors (Lipinski definition) is 1. The zero-order valence-corrected chi connectivity index (χ0v) is 9.16. The first-order chi connectivity index (χ1) is 6.20. The van der Waals surface area contributed by atoms with Crippen LogP contribution in [0.1, 0.15) is 23.6 Å². The molecular formula is C12H14S. The maximum atomic E-state index is 2.32. The van der Waals surface area contributed by atoms with Crippen molar-refractivity contribution in [1.82, 2.24) is 0 Å². The van der Waals surface area contributed by atoms with Crippen molar-refractivity contribution < 1.29 is 0 Å². The summed E-state index contributed by atoms with van der Waals surface area (Å²) in [5.41, 5.74) is 5.73. The zero-order chi connectivity index (χ0) is 9.42. The van der Waals surface area contributed by atoms with Crippen LogP contribution in [0.15, 0.2) is 23.1 Å². The van der Waals surface area contributed by atoms with Crippen molar-refractivity contribution in [2.24, 2.45) is 0 Å². The van der Waals surface area contributed by atoms with Gasteiger partial charge in [0.2, 0.25) is 0 Å². The highest BCUT2D eigenvalue weighted by atomic mass is 32.2. The number of allylic oxidation sites excluding steroid dienone is 1. The van der Waals surface area contributed by atoms with Gasteiger partial charge in [-0.05, 0) is 43.0 Å². The van der Waals surface area contributed by atoms with Gasteiger partial charge in [0.05, 0.1) is 0 Å². The third-order valence-electron chi connectivity index (χ3n) is 2.57. The van der Waals surface area contributed by atoms with Crippen molar-refractivity contribution in [1.29, 1.82) is 0 Å². The van der Waals surface area contributed by atoms with Gasteiger partial charge in [-0.2, -0.15) is 0 Å². The summed E-state index contributed by atoms with van der Waals surface area (Å²) in [6.07, 6.45) is 2.32. The molecule has 0 atom stereocenters. The summed E-state index contributed by atoms with van der Waals surface area (Å²) in [6.45, 7) is 6.61. The van der Waals surface area contributed by atoms with E-state index in [1.807, 2.05) is 11.8 Å². The van der Waals surface area contributed by atoms with Crippen LogP contribution in [0.4, 0.5) is 0 Å². The first kappa shape index (κ1) is 8.89. The van der Waals surface area contributed by atoms with Crippen LogP contribution >= 0.6 is 11.8 Å². The lowest BCUT2D eigenvalue weighted by Gasteiger charge is -2.19. The molecule has 1 aliphatic heterocycles. The Hall–Kier alpha value is -0.690. The zero-order valence-electron chi connectivity index (χ0n) is 8.35. The Kier molecular flexibility index (Phi) is 2.20. The Labute approximate surface area is 84.0 Å². The molecule has 0 aromatic heterocycles. The van der Waals surface area contributed by atoms with Gasteiger partial charge in [0, 0.05) is 10.6 Å². The summed E-state index contributed by atoms with van der Waals surface area (Å²) < 4.78 is 0. The second kappa shape index (κ2) is 3.22. The van der Waals surface area contributed by atoms with Crippen molar-refractivity contribution in [2.75, 3.05) is 5.75 Å². The van der Waals surface area contributed by atoms with E-state index in [2.05, 4.69) is 39.0 Å². The van der Waals surface area contributed by atoms with Gasteiger partial charge in [-0.25, -0.2) is 0 Å². The lowest BCUT2D eigenvalue weighted by molar-refractivity contribution is 1.21. The maximum absolute atomic E-state index is 2.32. The van der Waals surface area contributed by atoms with E-state index in [-0.39, 0.29) is 0 Å². The van der Waals surface area contributed by atoms with E-state index in [9.17, 15) is 0 Å². The van der Waals surface area contributed by atoms with E-state index in [1.54, 1.807) is 0 Å². The average molecular weight is 190 g/mol. The molecule has 0 saturated heterocycles. The minimum absolute atomic E-state index is 1.13. The summed E-state index contributed by atoms with van der Waals surface area (Å²) in [7, 11) is 0. The molecular weight excluding hydrogens is 176 g/mol. The first-order valence-electron chi connectivity index (χ1n) is 4.60. The van der Waals surface area contributed by atoms with E-state index in [4.69, 9.17) is 0 Å². The van der Waals surface area contributed by atoms with Crippen molar-refractivity contribution in [2.45, 2.75) is 25.7 Å². The van der Waals surface area contributed by atoms with E-state index < -0.39 is 0 Å². The number of aryl methyl sites for hydroxylation is 2. The van der Waals surface area contributed by atoms with Crippen LogP contribution < -0.4 is 0 Å². The Morgan fingerprint density at radius 2 is 1.77 bits per heavy atom. The molecule has 0 nitrogen and oxygen atoms in total. The molecule has 0 fully saturated rings. The monoisotopic (exact) mass is 190 g/mol. The molecule has 1 aromatic carbocycles. The van der Waals surface area contributed by atoms with Gasteiger partial charge >= 0.3 is 0 Å². The Morgan fingerprint density at radius 1 is 1.08 bits per heavy atom. The van der Waals surface area contributed by atoms with Crippen LogP contribution in [-0.2, 0) is 0 Å². The third-order valence-corrected chi connectivity index (χ3v) is 3.72. The summed E-state index contributed by atoms with van der Waals surface area (Å²) in [6, 6.07) is 4.44. The highest BCUT2D eigenvalue weighted by Crippen LogP contribution is 2.37. The van der Waals surface area contributed by atoms with Crippen LogP contribution in [0, 0.1) is 13.8 Å². The quantitative estimate of drug-likeness (QED) is 0.599. The number of fused-ring (bicyclic) bond motifs is 1. The summed E-state index contributed by atoms with van der Waals surface area (Å²) in [5.74, 6) is 1.13. The van der Waals surface area contributed by atoms with Crippen LogP contribution in [0.3, 0.4) is 0 Å². The summed E-state index contributed by atoms with van der Waals surface area (Å²) in [4.78, 5) is 1.49. The van der Waals surface area contributed by atoms with Crippen LogP contribution in [-0.4, -0.2) is 5.75 Å². The number of benzene rings is 1. The van der Waals surface area contributed by atoms with Crippen LogP contribution in [0.25, 0.3) is 5.57 Å². The summed E-state index contributed by atoms with van der Waals surface area (Å²) >= 11 is 1.96. The Bertz CT molecular complexity index is 375. The highest BCUT2D eigenvalue weighted by Gasteiger charge is 2.13. The first-order valence-corrected chi connectivity index (χ1v) is 5.59. The van der Waals surface area contributed by atoms with Crippen molar-refractivity contribution in [3.05, 3.63) is 34.9 Å². The average Bonchev–Trinajstić information content (AvgIpc) is 2.12. The molecule has 0 N–H and O–H groups in total. The molecule has 0 spiro atoms. The predicted molar refractivity (Wildman–Crippen MR) is 60.3 cm³/mol. The molecule has 0 amide bonds. The Morgan fingerprint density at radius 3 is 2.46 bits per heavy atom. The van der Waals surface area contributed by atoms with E-state index in [0.717, 1.165) is 5.75 Å².